The number of imide groups is 1. The molecule has 2 aromatic rings. The predicted octanol–water partition coefficient (Wildman–Crippen LogP) is -1.45. The number of carboxylic acids is 1. The molecule has 5 amide bonds. The van der Waals surface area contributed by atoms with Crippen molar-refractivity contribution in [2.24, 2.45) is 0 Å². The number of hydrogen-bond acceptors (Lipinski definition) is 11. The normalized spacial score (nSPS) is 18.0. The minimum Gasteiger partial charge on any atom is -0.543 e. The summed E-state index contributed by atoms with van der Waals surface area (Å²) in [4.78, 5) is 65.0. The molecule has 216 valence electrons. The molecule has 1 aromatic carbocycles. The zero-order valence-electron chi connectivity index (χ0n) is 23.6. The first-order chi connectivity index (χ1) is 19.5. The molecule has 2 atom stereocenters. The summed E-state index contributed by atoms with van der Waals surface area (Å²) in [5.74, 6) is -2.26. The number of nitrogens with zero attached hydrogens (tertiary/aromatic N) is 4. The Bertz CT molecular complexity index is 1480. The number of benzene rings is 1. The molecule has 0 saturated carbocycles. The summed E-state index contributed by atoms with van der Waals surface area (Å²) in [5.41, 5.74) is 1.60. The fourth-order valence-corrected chi connectivity index (χ4v) is 7.44. The molecule has 42 heavy (non-hydrogen) atoms. The molecule has 2 aliphatic heterocycles. The van der Waals surface area contributed by atoms with Crippen molar-refractivity contribution in [3.05, 3.63) is 57.8 Å². The van der Waals surface area contributed by atoms with Crippen molar-refractivity contribution in [2.45, 2.75) is 42.9 Å². The van der Waals surface area contributed by atoms with Crippen molar-refractivity contribution < 1.29 is 58.6 Å². The topological polar surface area (TPSA) is 165 Å². The van der Waals surface area contributed by atoms with E-state index in [2.05, 4.69) is 20.8 Å². The molecule has 4 rings (SSSR count). The molecule has 0 bridgehead atoms. The second-order valence-corrected chi connectivity index (χ2v) is 12.7. The predicted molar refractivity (Wildman–Crippen MR) is 154 cm³/mol. The number of nitrogens with one attached hydrogen (secondary N) is 2. The summed E-state index contributed by atoms with van der Waals surface area (Å²) in [6.45, 7) is 5.12. The molecule has 16 heteroatoms. The van der Waals surface area contributed by atoms with E-state index in [0.717, 1.165) is 9.91 Å². The van der Waals surface area contributed by atoms with Gasteiger partial charge < -0.3 is 20.5 Å². The number of allylic oxidation sites excluding steroid dienone is 1. The monoisotopic (exact) mass is 638 g/mol. The molecule has 0 radical (unpaired) electrons. The van der Waals surface area contributed by atoms with Crippen molar-refractivity contribution in [3.8, 4) is 0 Å². The van der Waals surface area contributed by atoms with Crippen LogP contribution in [0.15, 0.2) is 51.5 Å². The van der Waals surface area contributed by atoms with E-state index in [9.17, 15) is 29.1 Å². The summed E-state index contributed by atoms with van der Waals surface area (Å²) >= 11 is 4.10. The van der Waals surface area contributed by atoms with Gasteiger partial charge in [0.2, 0.25) is 5.91 Å². The Kier molecular flexibility index (Phi) is 11.8. The Morgan fingerprint density at radius 2 is 1.95 bits per heavy atom. The molecular formula is C26H27N6NaO6S3. The number of fused-ring (bicyclic) bond motifs is 1. The second kappa shape index (κ2) is 14.7. The maximum atomic E-state index is 13.0. The van der Waals surface area contributed by atoms with Crippen LogP contribution >= 0.6 is 34.9 Å². The molecule has 1 aromatic heterocycles. The number of thioether (sulfide) groups is 2. The van der Waals surface area contributed by atoms with E-state index in [4.69, 9.17) is 0 Å². The molecule has 0 aliphatic carbocycles. The van der Waals surface area contributed by atoms with Gasteiger partial charge in [-0.15, -0.1) is 22.0 Å². The van der Waals surface area contributed by atoms with Crippen LogP contribution in [0.25, 0.3) is 0 Å². The number of β-lactam (4-membered cyclic amide) rings is 1. The Morgan fingerprint density at radius 1 is 1.24 bits per heavy atom. The standard InChI is InChI=1S/C26H28N6O6S3.Na/c1-5-13(2)21(34)31(4)25(38)27-17-9-7-6-8-15(17)10-18(33)28-19-22(35)32-20(24(36)37)16(11-39-23(19)32)12-40-26-30-29-14(3)41-26;/h5-9,19,23H,10-12H2,1-4H3,(H,27,38)(H,28,33)(H,36,37);/q;+1/p-1/b13-5+;/t19?,23-;/m1./s1. The van der Waals surface area contributed by atoms with Gasteiger partial charge in [0.05, 0.1) is 18.1 Å². The number of hydrogen-bond donors (Lipinski definition) is 2. The minimum atomic E-state index is -1.45. The summed E-state index contributed by atoms with van der Waals surface area (Å²) in [6, 6.07) is 5.06. The molecule has 1 saturated heterocycles. The van der Waals surface area contributed by atoms with E-state index < -0.39 is 41.1 Å². The van der Waals surface area contributed by atoms with E-state index in [1.807, 2.05) is 6.92 Å². The van der Waals surface area contributed by atoms with Crippen molar-refractivity contribution in [2.75, 3.05) is 23.9 Å². The van der Waals surface area contributed by atoms with Gasteiger partial charge in [-0.1, -0.05) is 47.4 Å². The first kappa shape index (κ1) is 33.8. The van der Waals surface area contributed by atoms with Crippen LogP contribution < -0.4 is 45.3 Å². The Morgan fingerprint density at radius 3 is 2.60 bits per heavy atom. The molecule has 1 fully saturated rings. The van der Waals surface area contributed by atoms with Crippen LogP contribution in [0, 0.1) is 6.92 Å². The number of carbonyl (C=O) groups excluding carboxylic acids is 5. The first-order valence-electron chi connectivity index (χ1n) is 12.4. The third-order valence-electron chi connectivity index (χ3n) is 6.42. The third kappa shape index (κ3) is 7.44. The maximum Gasteiger partial charge on any atom is 1.00 e. The largest absolute Gasteiger partial charge is 1.00 e. The smallest absolute Gasteiger partial charge is 0.543 e. The molecule has 3 heterocycles. The zero-order valence-corrected chi connectivity index (χ0v) is 28.1. The number of para-hydroxylation sites is 1. The quantitative estimate of drug-likeness (QED) is 0.144. The average Bonchev–Trinajstić information content (AvgIpc) is 3.38. The van der Waals surface area contributed by atoms with E-state index >= 15 is 0 Å². The third-order valence-corrected chi connectivity index (χ3v) is 9.82. The number of anilines is 1. The van der Waals surface area contributed by atoms with E-state index in [-0.39, 0.29) is 41.7 Å². The van der Waals surface area contributed by atoms with Crippen LogP contribution in [-0.2, 0) is 25.6 Å². The Hall–Kier alpha value is -2.69. The summed E-state index contributed by atoms with van der Waals surface area (Å²) in [7, 11) is 1.35. The molecule has 2 N–H and O–H groups in total. The van der Waals surface area contributed by atoms with Crippen LogP contribution in [0.2, 0.25) is 0 Å². The van der Waals surface area contributed by atoms with E-state index in [1.54, 1.807) is 44.2 Å². The second-order valence-electron chi connectivity index (χ2n) is 9.17. The van der Waals surface area contributed by atoms with Crippen molar-refractivity contribution in [1.29, 1.82) is 0 Å². The van der Waals surface area contributed by atoms with E-state index in [0.29, 0.717) is 38.2 Å². The van der Waals surface area contributed by atoms with Crippen LogP contribution in [-0.4, -0.2) is 79.7 Å². The number of carboxylic acid groups (broad SMARTS) is 1. The summed E-state index contributed by atoms with van der Waals surface area (Å²) in [6.07, 6.45) is 1.44. The van der Waals surface area contributed by atoms with Gasteiger partial charge in [-0.2, -0.15) is 0 Å². The van der Waals surface area contributed by atoms with Gasteiger partial charge in [0.15, 0.2) is 4.34 Å². The van der Waals surface area contributed by atoms with Gasteiger partial charge in [0, 0.05) is 29.8 Å². The summed E-state index contributed by atoms with van der Waals surface area (Å²) in [5, 5.41) is 25.5. The first-order valence-corrected chi connectivity index (χ1v) is 15.3. The molecule has 1 unspecified atom stereocenters. The number of aliphatic carboxylic acids is 1. The van der Waals surface area contributed by atoms with Gasteiger partial charge in [-0.3, -0.25) is 24.2 Å². The Balaban J connectivity index is 0.00000484. The number of aryl methyl sites for hydroxylation is 1. The van der Waals surface area contributed by atoms with Crippen LogP contribution in [0.5, 0.6) is 0 Å². The minimum absolute atomic E-state index is 0. The van der Waals surface area contributed by atoms with Crippen LogP contribution in [0.3, 0.4) is 0 Å². The van der Waals surface area contributed by atoms with Crippen LogP contribution in [0.4, 0.5) is 10.5 Å². The van der Waals surface area contributed by atoms with Gasteiger partial charge in [0.25, 0.3) is 11.8 Å². The molecule has 12 nitrogen and oxygen atoms in total. The Labute approximate surface area is 277 Å². The van der Waals surface area contributed by atoms with Gasteiger partial charge in [-0.25, -0.2) is 4.79 Å². The van der Waals surface area contributed by atoms with Crippen molar-refractivity contribution >= 4 is 70.3 Å². The summed E-state index contributed by atoms with van der Waals surface area (Å²) < 4.78 is 0.697. The van der Waals surface area contributed by atoms with Crippen molar-refractivity contribution in [1.82, 2.24) is 25.3 Å². The fourth-order valence-electron chi connectivity index (χ4n) is 4.14. The fraction of sp³-hybridized carbons (Fsp3) is 0.346. The molecule has 2 aliphatic rings. The number of rotatable bonds is 9. The van der Waals surface area contributed by atoms with Crippen LogP contribution in [0.1, 0.15) is 24.4 Å². The maximum absolute atomic E-state index is 13.0. The number of aromatic nitrogens is 2. The number of amides is 5. The van der Waals surface area contributed by atoms with Crippen molar-refractivity contribution in [3.63, 3.8) is 0 Å². The average molecular weight is 639 g/mol. The number of urea groups is 1. The van der Waals surface area contributed by atoms with E-state index in [1.165, 1.54) is 46.8 Å². The zero-order chi connectivity index (χ0) is 29.8. The molecule has 0 spiro atoms. The van der Waals surface area contributed by atoms with Gasteiger partial charge in [0.1, 0.15) is 16.4 Å². The SMILES string of the molecule is C/C=C(\C)C(=O)N(C)C(=O)Nc1ccccc1CC(=O)NC1C(=O)N2C(C(=O)[O-])=C(CSc3nnc(C)s3)CS[C@H]12.[Na+]. The molecular weight excluding hydrogens is 612 g/mol. The number of carbonyl (C=O) groups is 5. The van der Waals surface area contributed by atoms with Gasteiger partial charge in [-0.05, 0) is 38.0 Å². The number of likely N-dealkylation sites (N-methyl/N-ethyl adjacent to an activating group) is 1. The van der Waals surface area contributed by atoms with Gasteiger partial charge >= 0.3 is 35.6 Å².